The zero-order valence-corrected chi connectivity index (χ0v) is 17.0. The van der Waals surface area contributed by atoms with E-state index in [2.05, 4.69) is 29.3 Å². The molecule has 2 amide bonds. The van der Waals surface area contributed by atoms with Gasteiger partial charge in [-0.05, 0) is 49.9 Å². The van der Waals surface area contributed by atoms with Gasteiger partial charge in [0, 0.05) is 50.6 Å². The SMILES string of the molecule is CCOC(=O)N1CCN(C(=O)CNc2ccc(N3CCC(C)CC3)cc2)CC1. The summed E-state index contributed by atoms with van der Waals surface area (Å²) in [5.41, 5.74) is 2.20. The van der Waals surface area contributed by atoms with Gasteiger partial charge in [0.25, 0.3) is 0 Å². The molecule has 1 aromatic rings. The number of nitrogens with one attached hydrogen (secondary N) is 1. The molecule has 0 atom stereocenters. The first-order valence-corrected chi connectivity index (χ1v) is 10.3. The van der Waals surface area contributed by atoms with Gasteiger partial charge in [-0.15, -0.1) is 0 Å². The molecule has 3 rings (SSSR count). The molecule has 1 N–H and O–H groups in total. The van der Waals surface area contributed by atoms with E-state index in [0.29, 0.717) is 32.8 Å². The number of carbonyl (C=O) groups is 2. The van der Waals surface area contributed by atoms with Gasteiger partial charge >= 0.3 is 6.09 Å². The standard InChI is InChI=1S/C21H32N4O3/c1-3-28-21(27)25-14-12-24(13-15-25)20(26)16-22-18-4-6-19(7-5-18)23-10-8-17(2)9-11-23/h4-7,17,22H,3,8-16H2,1-2H3. The molecule has 0 unspecified atom stereocenters. The van der Waals surface area contributed by atoms with Gasteiger partial charge in [0.2, 0.25) is 5.91 Å². The van der Waals surface area contributed by atoms with E-state index < -0.39 is 0 Å². The van der Waals surface area contributed by atoms with E-state index in [9.17, 15) is 9.59 Å². The van der Waals surface area contributed by atoms with Gasteiger partial charge in [-0.2, -0.15) is 0 Å². The normalized spacial score (nSPS) is 18.1. The van der Waals surface area contributed by atoms with Crippen LogP contribution in [0.3, 0.4) is 0 Å². The lowest BCUT2D eigenvalue weighted by Gasteiger charge is -2.34. The van der Waals surface area contributed by atoms with Crippen molar-refractivity contribution < 1.29 is 14.3 Å². The summed E-state index contributed by atoms with van der Waals surface area (Å²) >= 11 is 0. The Morgan fingerprint density at radius 1 is 1.00 bits per heavy atom. The first kappa shape index (κ1) is 20.3. The molecule has 0 bridgehead atoms. The highest BCUT2D eigenvalue weighted by Crippen LogP contribution is 2.24. The molecule has 1 aromatic carbocycles. The molecular weight excluding hydrogens is 356 g/mol. The molecule has 2 aliphatic heterocycles. The number of piperazine rings is 1. The van der Waals surface area contributed by atoms with Crippen molar-refractivity contribution in [3.8, 4) is 0 Å². The highest BCUT2D eigenvalue weighted by Gasteiger charge is 2.24. The molecule has 2 fully saturated rings. The minimum atomic E-state index is -0.295. The van der Waals surface area contributed by atoms with Gasteiger partial charge in [-0.1, -0.05) is 6.92 Å². The van der Waals surface area contributed by atoms with E-state index >= 15 is 0 Å². The lowest BCUT2D eigenvalue weighted by Crippen LogP contribution is -2.51. The molecule has 0 aromatic heterocycles. The second-order valence-corrected chi connectivity index (χ2v) is 7.64. The van der Waals surface area contributed by atoms with Crippen LogP contribution < -0.4 is 10.2 Å². The molecule has 0 radical (unpaired) electrons. The smallest absolute Gasteiger partial charge is 0.409 e. The summed E-state index contributed by atoms with van der Waals surface area (Å²) in [7, 11) is 0. The van der Waals surface area contributed by atoms with Crippen LogP contribution in [0.1, 0.15) is 26.7 Å². The van der Waals surface area contributed by atoms with Gasteiger partial charge in [0.15, 0.2) is 0 Å². The summed E-state index contributed by atoms with van der Waals surface area (Å²) in [6.45, 7) is 9.12. The number of piperidine rings is 1. The maximum atomic E-state index is 12.4. The first-order chi connectivity index (χ1) is 13.6. The van der Waals surface area contributed by atoms with Crippen molar-refractivity contribution in [3.05, 3.63) is 24.3 Å². The van der Waals surface area contributed by atoms with Crippen molar-refractivity contribution in [1.82, 2.24) is 9.80 Å². The van der Waals surface area contributed by atoms with Crippen LogP contribution in [0.2, 0.25) is 0 Å². The molecule has 0 aliphatic carbocycles. The maximum Gasteiger partial charge on any atom is 0.409 e. The topological polar surface area (TPSA) is 65.1 Å². The molecule has 7 heteroatoms. The fourth-order valence-corrected chi connectivity index (χ4v) is 3.70. The third-order valence-corrected chi connectivity index (χ3v) is 5.62. The second kappa shape index (κ2) is 9.66. The van der Waals surface area contributed by atoms with E-state index in [1.807, 2.05) is 12.1 Å². The number of nitrogens with zero attached hydrogens (tertiary/aromatic N) is 3. The quantitative estimate of drug-likeness (QED) is 0.840. The fraction of sp³-hybridized carbons (Fsp3) is 0.619. The predicted octanol–water partition coefficient (Wildman–Crippen LogP) is 2.64. The van der Waals surface area contributed by atoms with Crippen LogP contribution >= 0.6 is 0 Å². The van der Waals surface area contributed by atoms with E-state index in [1.165, 1.54) is 18.5 Å². The first-order valence-electron chi connectivity index (χ1n) is 10.3. The summed E-state index contributed by atoms with van der Waals surface area (Å²) in [4.78, 5) is 30.0. The Labute approximate surface area is 167 Å². The Balaban J connectivity index is 1.42. The van der Waals surface area contributed by atoms with Crippen LogP contribution in [0.15, 0.2) is 24.3 Å². The minimum absolute atomic E-state index is 0.0533. The number of ether oxygens (including phenoxy) is 1. The van der Waals surface area contributed by atoms with Crippen molar-refractivity contribution >= 4 is 23.4 Å². The molecule has 154 valence electrons. The molecule has 2 heterocycles. The van der Waals surface area contributed by atoms with Gasteiger partial charge < -0.3 is 24.8 Å². The number of benzene rings is 1. The number of rotatable bonds is 5. The number of amides is 2. The summed E-state index contributed by atoms with van der Waals surface area (Å²) in [5.74, 6) is 0.875. The lowest BCUT2D eigenvalue weighted by atomic mass is 9.99. The maximum absolute atomic E-state index is 12.4. The van der Waals surface area contributed by atoms with Crippen molar-refractivity contribution in [3.63, 3.8) is 0 Å². The van der Waals surface area contributed by atoms with Gasteiger partial charge in [-0.3, -0.25) is 4.79 Å². The number of hydrogen-bond donors (Lipinski definition) is 1. The lowest BCUT2D eigenvalue weighted by molar-refractivity contribution is -0.130. The van der Waals surface area contributed by atoms with Crippen LogP contribution in [-0.4, -0.2) is 74.2 Å². The van der Waals surface area contributed by atoms with Gasteiger partial charge in [-0.25, -0.2) is 4.79 Å². The van der Waals surface area contributed by atoms with E-state index in [1.54, 1.807) is 16.7 Å². The van der Waals surface area contributed by atoms with Gasteiger partial charge in [0.1, 0.15) is 0 Å². The Bertz CT molecular complexity index is 648. The third-order valence-electron chi connectivity index (χ3n) is 5.62. The van der Waals surface area contributed by atoms with E-state index in [4.69, 9.17) is 4.74 Å². The van der Waals surface area contributed by atoms with Gasteiger partial charge in [0.05, 0.1) is 13.2 Å². The van der Waals surface area contributed by atoms with Crippen molar-refractivity contribution in [1.29, 1.82) is 0 Å². The average Bonchev–Trinajstić information content (AvgIpc) is 2.73. The Hall–Kier alpha value is -2.44. The highest BCUT2D eigenvalue weighted by atomic mass is 16.6. The van der Waals surface area contributed by atoms with Crippen molar-refractivity contribution in [2.24, 2.45) is 5.92 Å². The molecule has 2 aliphatic rings. The Morgan fingerprint density at radius 2 is 1.61 bits per heavy atom. The zero-order valence-electron chi connectivity index (χ0n) is 17.0. The molecule has 7 nitrogen and oxygen atoms in total. The second-order valence-electron chi connectivity index (χ2n) is 7.64. The van der Waals surface area contributed by atoms with Crippen LogP contribution in [-0.2, 0) is 9.53 Å². The molecular formula is C21H32N4O3. The fourth-order valence-electron chi connectivity index (χ4n) is 3.70. The van der Waals surface area contributed by atoms with Crippen LogP contribution in [0, 0.1) is 5.92 Å². The van der Waals surface area contributed by atoms with Crippen LogP contribution in [0.4, 0.5) is 16.2 Å². The highest BCUT2D eigenvalue weighted by molar-refractivity contribution is 5.81. The monoisotopic (exact) mass is 388 g/mol. The molecule has 0 saturated carbocycles. The zero-order chi connectivity index (χ0) is 19.9. The van der Waals surface area contributed by atoms with E-state index in [0.717, 1.165) is 24.7 Å². The summed E-state index contributed by atoms with van der Waals surface area (Å²) in [5, 5.41) is 3.22. The number of hydrogen-bond acceptors (Lipinski definition) is 5. The molecule has 0 spiro atoms. The number of carbonyl (C=O) groups excluding carboxylic acids is 2. The predicted molar refractivity (Wildman–Crippen MR) is 111 cm³/mol. The number of anilines is 2. The third kappa shape index (κ3) is 5.30. The largest absolute Gasteiger partial charge is 0.450 e. The Kier molecular flexibility index (Phi) is 7.01. The van der Waals surface area contributed by atoms with Crippen molar-refractivity contribution in [2.75, 3.05) is 62.6 Å². The van der Waals surface area contributed by atoms with Crippen LogP contribution in [0.5, 0.6) is 0 Å². The Morgan fingerprint density at radius 3 is 2.21 bits per heavy atom. The molecule has 2 saturated heterocycles. The summed E-state index contributed by atoms with van der Waals surface area (Å²) in [6.07, 6.45) is 2.20. The minimum Gasteiger partial charge on any atom is -0.450 e. The average molecular weight is 389 g/mol. The van der Waals surface area contributed by atoms with E-state index in [-0.39, 0.29) is 18.5 Å². The molecule has 28 heavy (non-hydrogen) atoms. The van der Waals surface area contributed by atoms with Crippen molar-refractivity contribution in [2.45, 2.75) is 26.7 Å². The summed E-state index contributed by atoms with van der Waals surface area (Å²) < 4.78 is 5.01. The summed E-state index contributed by atoms with van der Waals surface area (Å²) in [6, 6.07) is 8.33. The van der Waals surface area contributed by atoms with Crippen LogP contribution in [0.25, 0.3) is 0 Å².